The Morgan fingerprint density at radius 1 is 1.18 bits per heavy atom. The molecule has 1 saturated carbocycles. The fourth-order valence-electron chi connectivity index (χ4n) is 3.37. The lowest BCUT2D eigenvalue weighted by Crippen LogP contribution is -2.51. The number of benzene rings is 2. The number of carbonyl (C=O) groups excluding carboxylic acids is 1. The summed E-state index contributed by atoms with van der Waals surface area (Å²) in [5.41, 5.74) is 5.90. The molecule has 1 saturated heterocycles. The number of sulfonamides is 1. The maximum Gasteiger partial charge on any atom is 0.251 e. The van der Waals surface area contributed by atoms with Gasteiger partial charge in [-0.25, -0.2) is 12.8 Å². The molecule has 1 amide bonds. The van der Waals surface area contributed by atoms with E-state index in [0.717, 1.165) is 18.4 Å². The zero-order valence-electron chi connectivity index (χ0n) is 15.2. The number of primary amides is 1. The number of halogens is 1. The lowest BCUT2D eigenvalue weighted by molar-refractivity contribution is 0.0996. The largest absolute Gasteiger partial charge is 0.493 e. The van der Waals surface area contributed by atoms with Crippen molar-refractivity contribution >= 4 is 15.9 Å². The lowest BCUT2D eigenvalue weighted by atomic mass is 10.0. The van der Waals surface area contributed by atoms with E-state index in [1.807, 2.05) is 0 Å². The molecule has 2 fully saturated rings. The summed E-state index contributed by atoms with van der Waals surface area (Å²) >= 11 is 0. The van der Waals surface area contributed by atoms with Gasteiger partial charge in [0.2, 0.25) is 10.0 Å². The van der Waals surface area contributed by atoms with E-state index in [1.165, 1.54) is 16.4 Å². The minimum Gasteiger partial charge on any atom is -0.493 e. The highest BCUT2D eigenvalue weighted by Crippen LogP contribution is 2.45. The zero-order valence-corrected chi connectivity index (χ0v) is 16.0. The Bertz CT molecular complexity index is 1000. The van der Waals surface area contributed by atoms with Gasteiger partial charge in [0.1, 0.15) is 11.6 Å². The van der Waals surface area contributed by atoms with Gasteiger partial charge in [-0.15, -0.1) is 0 Å². The van der Waals surface area contributed by atoms with Crippen molar-refractivity contribution in [2.45, 2.75) is 23.7 Å². The zero-order chi connectivity index (χ0) is 19.9. The second-order valence-electron chi connectivity index (χ2n) is 7.32. The van der Waals surface area contributed by atoms with Gasteiger partial charge >= 0.3 is 0 Å². The van der Waals surface area contributed by atoms with Crippen molar-refractivity contribution in [1.29, 1.82) is 0 Å². The number of hydrogen-bond acceptors (Lipinski definition) is 4. The first-order chi connectivity index (χ1) is 13.4. The Hall–Kier alpha value is -2.45. The summed E-state index contributed by atoms with van der Waals surface area (Å²) < 4.78 is 46.4. The highest BCUT2D eigenvalue weighted by Gasteiger charge is 2.37. The molecular formula is C20H21FN2O4S. The molecule has 6 nitrogen and oxygen atoms in total. The van der Waals surface area contributed by atoms with Crippen molar-refractivity contribution in [2.75, 3.05) is 19.7 Å². The minimum absolute atomic E-state index is 0.0319. The van der Waals surface area contributed by atoms with Crippen LogP contribution in [0.2, 0.25) is 0 Å². The van der Waals surface area contributed by atoms with Gasteiger partial charge < -0.3 is 10.5 Å². The second-order valence-corrected chi connectivity index (χ2v) is 9.26. The molecule has 8 heteroatoms. The number of amides is 1. The van der Waals surface area contributed by atoms with Crippen LogP contribution in [0.15, 0.2) is 47.4 Å². The van der Waals surface area contributed by atoms with Gasteiger partial charge in [-0.3, -0.25) is 4.79 Å². The van der Waals surface area contributed by atoms with Crippen molar-refractivity contribution < 1.29 is 22.3 Å². The number of carbonyl (C=O) groups is 1. The molecule has 0 aromatic heterocycles. The van der Waals surface area contributed by atoms with Crippen LogP contribution in [-0.2, 0) is 10.0 Å². The number of nitrogens with two attached hydrogens (primary N) is 1. The van der Waals surface area contributed by atoms with E-state index in [1.54, 1.807) is 30.3 Å². The molecule has 4 rings (SSSR count). The average molecular weight is 404 g/mol. The molecule has 1 aliphatic heterocycles. The third kappa shape index (κ3) is 3.62. The van der Waals surface area contributed by atoms with Gasteiger partial charge in [-0.1, -0.05) is 18.2 Å². The van der Waals surface area contributed by atoms with E-state index >= 15 is 0 Å². The number of ether oxygens (including phenoxy) is 1. The average Bonchev–Trinajstić information content (AvgIpc) is 3.45. The van der Waals surface area contributed by atoms with Crippen molar-refractivity contribution in [3.63, 3.8) is 0 Å². The van der Waals surface area contributed by atoms with E-state index in [4.69, 9.17) is 10.5 Å². The van der Waals surface area contributed by atoms with Gasteiger partial charge in [-0.05, 0) is 42.5 Å². The van der Waals surface area contributed by atoms with E-state index in [2.05, 4.69) is 0 Å². The Morgan fingerprint density at radius 2 is 1.86 bits per heavy atom. The molecule has 2 N–H and O–H groups in total. The molecular weight excluding hydrogens is 383 g/mol. The number of nitrogens with zero attached hydrogens (tertiary/aromatic N) is 1. The first-order valence-corrected chi connectivity index (χ1v) is 10.6. The quantitative estimate of drug-likeness (QED) is 0.768. The predicted molar refractivity (Wildman–Crippen MR) is 101 cm³/mol. The molecule has 1 aliphatic carbocycles. The normalized spacial score (nSPS) is 17.9. The Kier molecular flexibility index (Phi) is 4.84. The third-order valence-electron chi connectivity index (χ3n) is 5.16. The summed E-state index contributed by atoms with van der Waals surface area (Å²) in [6, 6.07) is 11.0. The van der Waals surface area contributed by atoms with Crippen molar-refractivity contribution in [3.05, 3.63) is 59.4 Å². The van der Waals surface area contributed by atoms with Gasteiger partial charge in [0.15, 0.2) is 0 Å². The second kappa shape index (κ2) is 7.18. The van der Waals surface area contributed by atoms with Crippen LogP contribution in [0.1, 0.15) is 34.7 Å². The summed E-state index contributed by atoms with van der Waals surface area (Å²) in [5.74, 6) is -0.802. The summed E-state index contributed by atoms with van der Waals surface area (Å²) in [7, 11) is -3.49. The van der Waals surface area contributed by atoms with Crippen LogP contribution in [0.3, 0.4) is 0 Å². The molecule has 2 aliphatic rings. The minimum atomic E-state index is -3.49. The fraction of sp³-hybridized carbons (Fsp3) is 0.350. The highest BCUT2D eigenvalue weighted by molar-refractivity contribution is 7.89. The van der Waals surface area contributed by atoms with E-state index in [9.17, 15) is 17.6 Å². The number of rotatable bonds is 7. The Balaban J connectivity index is 1.40. The molecule has 148 valence electrons. The molecule has 1 heterocycles. The first-order valence-electron chi connectivity index (χ1n) is 9.17. The van der Waals surface area contributed by atoms with Crippen LogP contribution < -0.4 is 10.5 Å². The standard InChI is InChI=1S/C20H21FN2O4S/c21-18-9-19(16(14-6-7-14)8-17(18)20(22)24)27-12-13-10-23(11-13)28(25,26)15-4-2-1-3-5-15/h1-5,8-9,13-14H,6-7,10-12H2,(H2,22,24). The molecule has 0 atom stereocenters. The molecule has 28 heavy (non-hydrogen) atoms. The van der Waals surface area contributed by atoms with Crippen LogP contribution in [0.25, 0.3) is 0 Å². The Labute approximate surface area is 163 Å². The molecule has 0 radical (unpaired) electrons. The van der Waals surface area contributed by atoms with E-state index in [-0.39, 0.29) is 28.9 Å². The molecule has 2 aromatic rings. The van der Waals surface area contributed by atoms with Gasteiger partial charge in [0.05, 0.1) is 17.1 Å². The van der Waals surface area contributed by atoms with Gasteiger partial charge in [0, 0.05) is 25.1 Å². The van der Waals surface area contributed by atoms with E-state index < -0.39 is 21.7 Å². The summed E-state index contributed by atoms with van der Waals surface area (Å²) in [4.78, 5) is 11.6. The highest BCUT2D eigenvalue weighted by atomic mass is 32.2. The lowest BCUT2D eigenvalue weighted by Gasteiger charge is -2.37. The SMILES string of the molecule is NC(=O)c1cc(C2CC2)c(OCC2CN(S(=O)(=O)c3ccccc3)C2)cc1F. The Morgan fingerprint density at radius 3 is 2.46 bits per heavy atom. The predicted octanol–water partition coefficient (Wildman–Crippen LogP) is 2.50. The smallest absolute Gasteiger partial charge is 0.251 e. The summed E-state index contributed by atoms with van der Waals surface area (Å²) in [6.07, 6.45) is 1.93. The topological polar surface area (TPSA) is 89.7 Å². The first kappa shape index (κ1) is 18.9. The van der Waals surface area contributed by atoms with Gasteiger partial charge in [-0.2, -0.15) is 4.31 Å². The number of hydrogen-bond donors (Lipinski definition) is 1. The van der Waals surface area contributed by atoms with Crippen LogP contribution in [0, 0.1) is 11.7 Å². The van der Waals surface area contributed by atoms with Crippen LogP contribution >= 0.6 is 0 Å². The van der Waals surface area contributed by atoms with Gasteiger partial charge in [0.25, 0.3) is 5.91 Å². The fourth-order valence-corrected chi connectivity index (χ4v) is 4.99. The van der Waals surface area contributed by atoms with Crippen LogP contribution in [-0.4, -0.2) is 38.3 Å². The molecule has 0 bridgehead atoms. The maximum atomic E-state index is 14.1. The summed E-state index contributed by atoms with van der Waals surface area (Å²) in [6.45, 7) is 1.01. The summed E-state index contributed by atoms with van der Waals surface area (Å²) in [5, 5.41) is 0. The van der Waals surface area contributed by atoms with Crippen molar-refractivity contribution in [3.8, 4) is 5.75 Å². The monoisotopic (exact) mass is 404 g/mol. The molecule has 0 spiro atoms. The van der Waals surface area contributed by atoms with Crippen molar-refractivity contribution in [1.82, 2.24) is 4.31 Å². The van der Waals surface area contributed by atoms with Crippen LogP contribution in [0.5, 0.6) is 5.75 Å². The van der Waals surface area contributed by atoms with E-state index in [0.29, 0.717) is 18.8 Å². The maximum absolute atomic E-state index is 14.1. The third-order valence-corrected chi connectivity index (χ3v) is 7.01. The molecule has 2 aromatic carbocycles. The van der Waals surface area contributed by atoms with Crippen molar-refractivity contribution in [2.24, 2.45) is 11.7 Å². The van der Waals surface area contributed by atoms with Crippen LogP contribution in [0.4, 0.5) is 4.39 Å². The molecule has 0 unspecified atom stereocenters.